The van der Waals surface area contributed by atoms with Crippen LogP contribution in [0.4, 0.5) is 5.69 Å². The van der Waals surface area contributed by atoms with Crippen molar-refractivity contribution in [2.75, 3.05) is 6.54 Å². The number of amides is 1. The first-order valence-electron chi connectivity index (χ1n) is 5.54. The van der Waals surface area contributed by atoms with Gasteiger partial charge in [0.1, 0.15) is 0 Å². The molecule has 0 aliphatic heterocycles. The lowest BCUT2D eigenvalue weighted by Crippen LogP contribution is -2.26. The fraction of sp³-hybridized carbons (Fsp3) is 0.182. The molecular formula is C11H11N5O3. The Hall–Kier alpha value is -2.77. The average molecular weight is 261 g/mol. The molecule has 8 nitrogen and oxygen atoms in total. The molecule has 0 aliphatic rings. The molecule has 2 aromatic rings. The monoisotopic (exact) mass is 261 g/mol. The first-order chi connectivity index (χ1) is 9.16. The highest BCUT2D eigenvalue weighted by atomic mass is 16.6. The molecule has 19 heavy (non-hydrogen) atoms. The van der Waals surface area contributed by atoms with Crippen molar-refractivity contribution in [3.8, 4) is 0 Å². The molecule has 0 saturated heterocycles. The third-order valence-electron chi connectivity index (χ3n) is 2.49. The maximum atomic E-state index is 11.5. The van der Waals surface area contributed by atoms with Crippen molar-refractivity contribution in [3.63, 3.8) is 0 Å². The van der Waals surface area contributed by atoms with E-state index in [1.54, 1.807) is 12.1 Å². The molecule has 0 atom stereocenters. The highest BCUT2D eigenvalue weighted by Crippen LogP contribution is 2.11. The Morgan fingerprint density at radius 2 is 2.11 bits per heavy atom. The third-order valence-corrected chi connectivity index (χ3v) is 2.49. The average Bonchev–Trinajstić information content (AvgIpc) is 2.93. The zero-order chi connectivity index (χ0) is 13.7. The van der Waals surface area contributed by atoms with Crippen molar-refractivity contribution < 1.29 is 9.72 Å². The highest BCUT2D eigenvalue weighted by molar-refractivity contribution is 5.91. The summed E-state index contributed by atoms with van der Waals surface area (Å²) in [6.45, 7) is 0.420. The van der Waals surface area contributed by atoms with E-state index >= 15 is 0 Å². The Balaban J connectivity index is 1.82. The van der Waals surface area contributed by atoms with Gasteiger partial charge in [0.15, 0.2) is 5.69 Å². The van der Waals surface area contributed by atoms with Gasteiger partial charge in [-0.15, -0.1) is 0 Å². The van der Waals surface area contributed by atoms with E-state index in [4.69, 9.17) is 0 Å². The molecule has 0 saturated carbocycles. The van der Waals surface area contributed by atoms with Gasteiger partial charge in [0.2, 0.25) is 0 Å². The first kappa shape index (κ1) is 12.7. The maximum absolute atomic E-state index is 11.5. The van der Waals surface area contributed by atoms with Gasteiger partial charge >= 0.3 is 0 Å². The highest BCUT2D eigenvalue weighted by Gasteiger charge is 2.08. The van der Waals surface area contributed by atoms with Crippen LogP contribution < -0.4 is 5.32 Å². The maximum Gasteiger partial charge on any atom is 0.273 e. The van der Waals surface area contributed by atoms with E-state index in [1.807, 2.05) is 0 Å². The predicted octanol–water partition coefficient (Wildman–Crippen LogP) is 0.685. The van der Waals surface area contributed by atoms with Gasteiger partial charge in [0.05, 0.1) is 11.1 Å². The van der Waals surface area contributed by atoms with Gasteiger partial charge in [0, 0.05) is 18.7 Å². The molecule has 2 N–H and O–H groups in total. The van der Waals surface area contributed by atoms with E-state index < -0.39 is 4.92 Å². The van der Waals surface area contributed by atoms with Crippen LogP contribution in [0.25, 0.3) is 0 Å². The summed E-state index contributed by atoms with van der Waals surface area (Å²) >= 11 is 0. The number of non-ortho nitro benzene ring substituents is 1. The zero-order valence-corrected chi connectivity index (χ0v) is 9.87. The summed E-state index contributed by atoms with van der Waals surface area (Å²) in [7, 11) is 0. The van der Waals surface area contributed by atoms with Crippen molar-refractivity contribution in [2.24, 2.45) is 0 Å². The minimum absolute atomic E-state index is 0.0513. The number of hydrogen-bond acceptors (Lipinski definition) is 5. The van der Waals surface area contributed by atoms with E-state index in [0.29, 0.717) is 13.0 Å². The summed E-state index contributed by atoms with van der Waals surface area (Å²) in [6, 6.07) is 6.21. The minimum atomic E-state index is -0.448. The molecule has 0 unspecified atom stereocenters. The third kappa shape index (κ3) is 3.35. The van der Waals surface area contributed by atoms with Gasteiger partial charge in [-0.05, 0) is 12.0 Å². The van der Waals surface area contributed by atoms with E-state index in [0.717, 1.165) is 5.56 Å². The molecule has 1 heterocycles. The second kappa shape index (κ2) is 5.71. The standard InChI is InChI=1S/C11H11N5O3/c17-11(10-7-13-15-14-10)12-6-5-8-1-3-9(4-2-8)16(18)19/h1-4,7H,5-6H2,(H,12,17)(H,13,14,15). The lowest BCUT2D eigenvalue weighted by molar-refractivity contribution is -0.384. The second-order valence-electron chi connectivity index (χ2n) is 3.78. The van der Waals surface area contributed by atoms with Crippen LogP contribution in [0.2, 0.25) is 0 Å². The zero-order valence-electron chi connectivity index (χ0n) is 9.87. The smallest absolute Gasteiger partial charge is 0.273 e. The number of aromatic amines is 1. The van der Waals surface area contributed by atoms with Crippen molar-refractivity contribution in [3.05, 3.63) is 51.8 Å². The quantitative estimate of drug-likeness (QED) is 0.607. The molecular weight excluding hydrogens is 250 g/mol. The molecule has 8 heteroatoms. The van der Waals surface area contributed by atoms with Gasteiger partial charge in [-0.3, -0.25) is 14.9 Å². The van der Waals surface area contributed by atoms with E-state index in [-0.39, 0.29) is 17.3 Å². The molecule has 1 aromatic carbocycles. The Bertz CT molecular complexity index is 565. The molecule has 2 rings (SSSR count). The summed E-state index contributed by atoms with van der Waals surface area (Å²) in [5.41, 5.74) is 1.19. The lowest BCUT2D eigenvalue weighted by Gasteiger charge is -2.03. The summed E-state index contributed by atoms with van der Waals surface area (Å²) in [5.74, 6) is -0.310. The van der Waals surface area contributed by atoms with Gasteiger partial charge in [-0.1, -0.05) is 12.1 Å². The summed E-state index contributed by atoms with van der Waals surface area (Å²) in [6.07, 6.45) is 1.92. The topological polar surface area (TPSA) is 114 Å². The number of nitro benzene ring substituents is 1. The number of nitrogens with zero attached hydrogens (tertiary/aromatic N) is 3. The molecule has 1 amide bonds. The van der Waals surface area contributed by atoms with Crippen molar-refractivity contribution >= 4 is 11.6 Å². The van der Waals surface area contributed by atoms with E-state index in [2.05, 4.69) is 20.7 Å². The molecule has 0 aliphatic carbocycles. The lowest BCUT2D eigenvalue weighted by atomic mass is 10.1. The van der Waals surface area contributed by atoms with Crippen LogP contribution in [-0.4, -0.2) is 32.8 Å². The fourth-order valence-electron chi connectivity index (χ4n) is 1.51. The number of nitro groups is 1. The van der Waals surface area contributed by atoms with Gasteiger partial charge in [-0.25, -0.2) is 0 Å². The molecule has 0 bridgehead atoms. The summed E-state index contributed by atoms with van der Waals surface area (Å²) in [5, 5.41) is 22.7. The summed E-state index contributed by atoms with van der Waals surface area (Å²) < 4.78 is 0. The van der Waals surface area contributed by atoms with Crippen LogP contribution in [0.3, 0.4) is 0 Å². The SMILES string of the molecule is O=C(NCCc1ccc([N+](=O)[O-])cc1)c1cn[nH]n1. The van der Waals surface area contributed by atoms with Crippen LogP contribution in [0.15, 0.2) is 30.5 Å². The number of carbonyl (C=O) groups is 1. The fourth-order valence-corrected chi connectivity index (χ4v) is 1.51. The van der Waals surface area contributed by atoms with Gasteiger partial charge in [-0.2, -0.15) is 15.4 Å². The summed E-state index contributed by atoms with van der Waals surface area (Å²) in [4.78, 5) is 21.5. The minimum Gasteiger partial charge on any atom is -0.350 e. The normalized spacial score (nSPS) is 10.1. The molecule has 1 aromatic heterocycles. The van der Waals surface area contributed by atoms with Crippen LogP contribution in [0.5, 0.6) is 0 Å². The number of hydrogen-bond donors (Lipinski definition) is 2. The Morgan fingerprint density at radius 3 is 2.68 bits per heavy atom. The Morgan fingerprint density at radius 1 is 1.37 bits per heavy atom. The predicted molar refractivity (Wildman–Crippen MR) is 65.5 cm³/mol. The molecule has 0 spiro atoms. The van der Waals surface area contributed by atoms with Crippen molar-refractivity contribution in [1.82, 2.24) is 20.7 Å². The second-order valence-corrected chi connectivity index (χ2v) is 3.78. The van der Waals surface area contributed by atoms with E-state index in [1.165, 1.54) is 18.3 Å². The molecule has 98 valence electrons. The molecule has 0 radical (unpaired) electrons. The number of benzene rings is 1. The molecule has 0 fully saturated rings. The van der Waals surface area contributed by atoms with Crippen LogP contribution in [0.1, 0.15) is 16.1 Å². The number of rotatable bonds is 5. The van der Waals surface area contributed by atoms with Crippen LogP contribution in [-0.2, 0) is 6.42 Å². The number of nitrogens with one attached hydrogen (secondary N) is 2. The van der Waals surface area contributed by atoms with Crippen LogP contribution >= 0.6 is 0 Å². The van der Waals surface area contributed by atoms with Gasteiger partial charge < -0.3 is 5.32 Å². The van der Waals surface area contributed by atoms with Crippen molar-refractivity contribution in [1.29, 1.82) is 0 Å². The van der Waals surface area contributed by atoms with Crippen LogP contribution in [0, 0.1) is 10.1 Å². The van der Waals surface area contributed by atoms with Crippen molar-refractivity contribution in [2.45, 2.75) is 6.42 Å². The number of aromatic nitrogens is 3. The number of carbonyl (C=O) groups excluding carboxylic acids is 1. The Labute approximate surface area is 108 Å². The first-order valence-corrected chi connectivity index (χ1v) is 5.54. The largest absolute Gasteiger partial charge is 0.350 e. The van der Waals surface area contributed by atoms with Gasteiger partial charge in [0.25, 0.3) is 11.6 Å². The van der Waals surface area contributed by atoms with E-state index in [9.17, 15) is 14.9 Å². The Kier molecular flexibility index (Phi) is 3.81. The number of H-pyrrole nitrogens is 1.